The Bertz CT molecular complexity index is 572. The van der Waals surface area contributed by atoms with Gasteiger partial charge in [0.1, 0.15) is 0 Å². The Balaban J connectivity index is 1.84. The fraction of sp³-hybridized carbons (Fsp3) is 0.333. The maximum Gasteiger partial charge on any atom is 0.330 e. The van der Waals surface area contributed by atoms with E-state index in [4.69, 9.17) is 4.74 Å². The summed E-state index contributed by atoms with van der Waals surface area (Å²) in [6, 6.07) is 7.35. The second kappa shape index (κ2) is 8.17. The molecule has 0 fully saturated rings. The summed E-state index contributed by atoms with van der Waals surface area (Å²) in [5.74, 6) is 0.0441. The lowest BCUT2D eigenvalue weighted by atomic mass is 10.0. The monoisotopic (exact) mass is 299 g/mol. The molecule has 2 rings (SSSR count). The fourth-order valence-electron chi connectivity index (χ4n) is 2.35. The minimum Gasteiger partial charge on any atom is -0.463 e. The molecule has 0 saturated carbocycles. The molecular weight excluding hydrogens is 278 g/mol. The Morgan fingerprint density at radius 2 is 2.09 bits per heavy atom. The van der Waals surface area contributed by atoms with E-state index in [1.807, 2.05) is 24.3 Å². The predicted molar refractivity (Wildman–Crippen MR) is 87.2 cm³/mol. The van der Waals surface area contributed by atoms with Crippen LogP contribution >= 0.6 is 0 Å². The van der Waals surface area contributed by atoms with Gasteiger partial charge in [-0.2, -0.15) is 0 Å². The van der Waals surface area contributed by atoms with Gasteiger partial charge < -0.3 is 10.1 Å². The van der Waals surface area contributed by atoms with Crippen LogP contribution in [0.1, 0.15) is 31.7 Å². The summed E-state index contributed by atoms with van der Waals surface area (Å²) < 4.78 is 4.81. The van der Waals surface area contributed by atoms with Gasteiger partial charge in [0.25, 0.3) is 0 Å². The summed E-state index contributed by atoms with van der Waals surface area (Å²) >= 11 is 0. The van der Waals surface area contributed by atoms with Crippen molar-refractivity contribution < 1.29 is 14.3 Å². The van der Waals surface area contributed by atoms with Crippen LogP contribution in [0.5, 0.6) is 0 Å². The minimum absolute atomic E-state index is 0.0337. The molecule has 22 heavy (non-hydrogen) atoms. The van der Waals surface area contributed by atoms with Crippen molar-refractivity contribution in [3.63, 3.8) is 0 Å². The molecule has 0 radical (unpaired) electrons. The molecule has 4 heteroatoms. The quantitative estimate of drug-likeness (QED) is 0.496. The molecule has 0 saturated heterocycles. The molecule has 1 aromatic rings. The van der Waals surface area contributed by atoms with E-state index in [2.05, 4.69) is 17.5 Å². The Labute approximate surface area is 130 Å². The van der Waals surface area contributed by atoms with Crippen LogP contribution in [0.15, 0.2) is 42.5 Å². The molecule has 4 nitrogen and oxygen atoms in total. The van der Waals surface area contributed by atoms with Gasteiger partial charge in [-0.05, 0) is 49.5 Å². The molecular formula is C18H21NO3. The standard InChI is InChI=1S/C18H21NO3/c1-2-22-18(21)12-9-14-7-10-16(11-8-14)19-17(20)13-15-5-3-4-6-15/h3,5,7-12,15H,2,4,6,13H2,1H3,(H,19,20)/b12-9+. The van der Waals surface area contributed by atoms with Crippen LogP contribution in [0.25, 0.3) is 6.08 Å². The zero-order valence-corrected chi connectivity index (χ0v) is 12.7. The van der Waals surface area contributed by atoms with Gasteiger partial charge in [-0.15, -0.1) is 0 Å². The van der Waals surface area contributed by atoms with Gasteiger partial charge in [0.2, 0.25) is 5.91 Å². The second-order valence-corrected chi connectivity index (χ2v) is 5.23. The molecule has 1 unspecified atom stereocenters. The number of benzene rings is 1. The van der Waals surface area contributed by atoms with Gasteiger partial charge in [0, 0.05) is 18.2 Å². The molecule has 1 amide bonds. The molecule has 1 aliphatic rings. The van der Waals surface area contributed by atoms with Crippen LogP contribution in [0.3, 0.4) is 0 Å². The van der Waals surface area contributed by atoms with Crippen molar-refractivity contribution in [1.29, 1.82) is 0 Å². The van der Waals surface area contributed by atoms with E-state index in [9.17, 15) is 9.59 Å². The number of hydrogen-bond acceptors (Lipinski definition) is 3. The molecule has 1 aromatic carbocycles. The normalized spacial score (nSPS) is 16.9. The van der Waals surface area contributed by atoms with E-state index in [-0.39, 0.29) is 11.9 Å². The number of hydrogen-bond donors (Lipinski definition) is 1. The molecule has 1 atom stereocenters. The number of carbonyl (C=O) groups excluding carboxylic acids is 2. The van der Waals surface area contributed by atoms with Crippen molar-refractivity contribution in [2.75, 3.05) is 11.9 Å². The number of allylic oxidation sites excluding steroid dienone is 2. The average molecular weight is 299 g/mol. The first kappa shape index (κ1) is 16.0. The van der Waals surface area contributed by atoms with Gasteiger partial charge in [-0.3, -0.25) is 4.79 Å². The number of carbonyl (C=O) groups is 2. The summed E-state index contributed by atoms with van der Waals surface area (Å²) in [5, 5.41) is 2.89. The third-order valence-corrected chi connectivity index (χ3v) is 3.45. The van der Waals surface area contributed by atoms with Gasteiger partial charge >= 0.3 is 5.97 Å². The van der Waals surface area contributed by atoms with Gasteiger partial charge in [-0.1, -0.05) is 24.3 Å². The van der Waals surface area contributed by atoms with Crippen molar-refractivity contribution in [3.05, 3.63) is 48.1 Å². The van der Waals surface area contributed by atoms with Crippen LogP contribution in [0, 0.1) is 5.92 Å². The topological polar surface area (TPSA) is 55.4 Å². The Morgan fingerprint density at radius 1 is 1.32 bits per heavy atom. The molecule has 0 heterocycles. The highest BCUT2D eigenvalue weighted by molar-refractivity contribution is 5.91. The van der Waals surface area contributed by atoms with Crippen molar-refractivity contribution in [1.82, 2.24) is 0 Å². The highest BCUT2D eigenvalue weighted by Crippen LogP contribution is 2.21. The first-order chi connectivity index (χ1) is 10.7. The number of nitrogens with one attached hydrogen (secondary N) is 1. The van der Waals surface area contributed by atoms with E-state index in [1.54, 1.807) is 13.0 Å². The predicted octanol–water partition coefficient (Wildman–Crippen LogP) is 3.56. The van der Waals surface area contributed by atoms with Crippen LogP contribution in [-0.2, 0) is 14.3 Å². The number of esters is 1. The van der Waals surface area contributed by atoms with Crippen LogP contribution in [0.4, 0.5) is 5.69 Å². The molecule has 1 N–H and O–H groups in total. The molecule has 1 aliphatic carbocycles. The second-order valence-electron chi connectivity index (χ2n) is 5.23. The Morgan fingerprint density at radius 3 is 2.73 bits per heavy atom. The average Bonchev–Trinajstić information content (AvgIpc) is 2.99. The van der Waals surface area contributed by atoms with E-state index < -0.39 is 0 Å². The lowest BCUT2D eigenvalue weighted by Gasteiger charge is -2.08. The Kier molecular flexibility index (Phi) is 5.95. The first-order valence-corrected chi connectivity index (χ1v) is 7.59. The highest BCUT2D eigenvalue weighted by Gasteiger charge is 2.13. The molecule has 0 aromatic heterocycles. The molecule has 116 valence electrons. The molecule has 0 aliphatic heterocycles. The minimum atomic E-state index is -0.357. The first-order valence-electron chi connectivity index (χ1n) is 7.59. The zero-order chi connectivity index (χ0) is 15.8. The summed E-state index contributed by atoms with van der Waals surface area (Å²) in [7, 11) is 0. The maximum atomic E-state index is 11.9. The van der Waals surface area contributed by atoms with Crippen molar-refractivity contribution in [2.24, 2.45) is 5.92 Å². The Hall–Kier alpha value is -2.36. The summed E-state index contributed by atoms with van der Waals surface area (Å²) in [5.41, 5.74) is 1.64. The van der Waals surface area contributed by atoms with Crippen molar-refractivity contribution >= 4 is 23.6 Å². The molecule has 0 bridgehead atoms. The van der Waals surface area contributed by atoms with Crippen LogP contribution in [-0.4, -0.2) is 18.5 Å². The van der Waals surface area contributed by atoms with E-state index in [1.165, 1.54) is 6.08 Å². The van der Waals surface area contributed by atoms with Gasteiger partial charge in [-0.25, -0.2) is 4.79 Å². The fourth-order valence-corrected chi connectivity index (χ4v) is 2.35. The van der Waals surface area contributed by atoms with E-state index >= 15 is 0 Å². The summed E-state index contributed by atoms with van der Waals surface area (Å²) in [6.45, 7) is 2.13. The van der Waals surface area contributed by atoms with Crippen LogP contribution < -0.4 is 5.32 Å². The van der Waals surface area contributed by atoms with E-state index in [0.717, 1.165) is 24.1 Å². The lowest BCUT2D eigenvalue weighted by Crippen LogP contribution is -2.14. The SMILES string of the molecule is CCOC(=O)/C=C/c1ccc(NC(=O)CC2C=CCC2)cc1. The van der Waals surface area contributed by atoms with Gasteiger partial charge in [0.15, 0.2) is 0 Å². The largest absolute Gasteiger partial charge is 0.463 e. The molecule has 0 spiro atoms. The highest BCUT2D eigenvalue weighted by atomic mass is 16.5. The smallest absolute Gasteiger partial charge is 0.330 e. The number of amides is 1. The third kappa shape index (κ3) is 5.20. The van der Waals surface area contributed by atoms with Crippen molar-refractivity contribution in [2.45, 2.75) is 26.2 Å². The lowest BCUT2D eigenvalue weighted by molar-refractivity contribution is -0.137. The summed E-state index contributed by atoms with van der Waals surface area (Å²) in [6.07, 6.45) is 9.98. The van der Waals surface area contributed by atoms with Gasteiger partial charge in [0.05, 0.1) is 6.61 Å². The number of anilines is 1. The van der Waals surface area contributed by atoms with Crippen LogP contribution in [0.2, 0.25) is 0 Å². The number of rotatable bonds is 6. The van der Waals surface area contributed by atoms with Crippen molar-refractivity contribution in [3.8, 4) is 0 Å². The van der Waals surface area contributed by atoms with E-state index in [0.29, 0.717) is 18.9 Å². The zero-order valence-electron chi connectivity index (χ0n) is 12.7. The summed E-state index contributed by atoms with van der Waals surface area (Å²) in [4.78, 5) is 23.1. The number of ether oxygens (including phenoxy) is 1. The maximum absolute atomic E-state index is 11.9. The third-order valence-electron chi connectivity index (χ3n) is 3.45.